The van der Waals surface area contributed by atoms with Crippen LogP contribution in [0, 0.1) is 0 Å². The average molecular weight is 383 g/mol. The van der Waals surface area contributed by atoms with Crippen molar-refractivity contribution in [1.82, 2.24) is 0 Å². The molecule has 2 aromatic rings. The van der Waals surface area contributed by atoms with Crippen molar-refractivity contribution in [3.05, 3.63) is 52.6 Å². The van der Waals surface area contributed by atoms with Crippen LogP contribution in [-0.4, -0.2) is 25.1 Å². The fourth-order valence-corrected chi connectivity index (χ4v) is 4.11. The smallest absolute Gasteiger partial charge is 0.231 e. The lowest BCUT2D eigenvalue weighted by molar-refractivity contribution is 0.174. The Morgan fingerprint density at radius 1 is 1.19 bits per heavy atom. The molecule has 0 unspecified atom stereocenters. The lowest BCUT2D eigenvalue weighted by Gasteiger charge is -2.43. The molecular weight excluding hydrogens is 360 g/mol. The summed E-state index contributed by atoms with van der Waals surface area (Å²) in [6.07, 6.45) is 4.12. The lowest BCUT2D eigenvalue weighted by Crippen LogP contribution is -2.44. The zero-order chi connectivity index (χ0) is 19.2. The van der Waals surface area contributed by atoms with Gasteiger partial charge in [0.15, 0.2) is 11.5 Å². The standard InChI is InChI=1S/C22H23ClN2O2/c1-5-25-19-10-18(23)15(8-17(19)14(2)11-22(25,3)4)12-24-16-6-7-20-21(9-16)27-13-26-20/h6-12H,5,13H2,1-4H3. The first-order valence-corrected chi connectivity index (χ1v) is 9.51. The van der Waals surface area contributed by atoms with Crippen LogP contribution in [-0.2, 0) is 0 Å². The number of allylic oxidation sites excluding steroid dienone is 1. The monoisotopic (exact) mass is 382 g/mol. The zero-order valence-corrected chi connectivity index (χ0v) is 16.8. The highest BCUT2D eigenvalue weighted by molar-refractivity contribution is 6.33. The largest absolute Gasteiger partial charge is 0.454 e. The number of hydrogen-bond donors (Lipinski definition) is 0. The van der Waals surface area contributed by atoms with Crippen LogP contribution < -0.4 is 14.4 Å². The molecule has 5 heteroatoms. The molecule has 2 heterocycles. The number of fused-ring (bicyclic) bond motifs is 2. The molecule has 0 saturated heterocycles. The molecule has 4 rings (SSSR count). The molecule has 0 radical (unpaired) electrons. The number of benzene rings is 2. The van der Waals surface area contributed by atoms with Gasteiger partial charge in [-0.2, -0.15) is 0 Å². The summed E-state index contributed by atoms with van der Waals surface area (Å²) < 4.78 is 10.8. The Balaban J connectivity index is 1.70. The van der Waals surface area contributed by atoms with E-state index in [0.717, 1.165) is 29.3 Å². The first-order valence-electron chi connectivity index (χ1n) is 9.14. The maximum absolute atomic E-state index is 6.60. The van der Waals surface area contributed by atoms with E-state index in [4.69, 9.17) is 21.1 Å². The van der Waals surface area contributed by atoms with Crippen LogP contribution in [0.5, 0.6) is 11.5 Å². The second kappa shape index (κ2) is 6.61. The minimum Gasteiger partial charge on any atom is -0.454 e. The normalized spacial score (nSPS) is 17.2. The summed E-state index contributed by atoms with van der Waals surface area (Å²) >= 11 is 6.60. The van der Waals surface area contributed by atoms with E-state index >= 15 is 0 Å². The number of halogens is 1. The van der Waals surface area contributed by atoms with Crippen molar-refractivity contribution in [2.45, 2.75) is 33.2 Å². The van der Waals surface area contributed by atoms with Crippen molar-refractivity contribution in [1.29, 1.82) is 0 Å². The molecule has 27 heavy (non-hydrogen) atoms. The number of anilines is 1. The topological polar surface area (TPSA) is 34.1 Å². The first kappa shape index (κ1) is 17.9. The summed E-state index contributed by atoms with van der Waals surface area (Å²) in [6, 6.07) is 9.83. The number of nitrogens with zero attached hydrogens (tertiary/aromatic N) is 2. The number of likely N-dealkylation sites (N-methyl/N-ethyl adjacent to an activating group) is 1. The van der Waals surface area contributed by atoms with Crippen LogP contribution in [0.15, 0.2) is 41.4 Å². The van der Waals surface area contributed by atoms with Gasteiger partial charge in [0.05, 0.1) is 16.2 Å². The zero-order valence-electron chi connectivity index (χ0n) is 16.0. The van der Waals surface area contributed by atoms with Gasteiger partial charge in [0.1, 0.15) is 0 Å². The van der Waals surface area contributed by atoms with Gasteiger partial charge in [0, 0.05) is 35.6 Å². The Kier molecular flexibility index (Phi) is 4.39. The quantitative estimate of drug-likeness (QED) is 0.625. The first-order chi connectivity index (χ1) is 12.9. The highest BCUT2D eigenvalue weighted by atomic mass is 35.5. The highest BCUT2D eigenvalue weighted by Crippen LogP contribution is 2.41. The number of aliphatic imine (C=N–C) groups is 1. The van der Waals surface area contributed by atoms with E-state index < -0.39 is 0 Å². The van der Waals surface area contributed by atoms with Gasteiger partial charge in [-0.1, -0.05) is 17.7 Å². The summed E-state index contributed by atoms with van der Waals surface area (Å²) in [4.78, 5) is 6.95. The molecule has 2 aliphatic heterocycles. The van der Waals surface area contributed by atoms with Crippen LogP contribution in [0.25, 0.3) is 5.57 Å². The molecule has 4 nitrogen and oxygen atoms in total. The Bertz CT molecular complexity index is 963. The summed E-state index contributed by atoms with van der Waals surface area (Å²) in [6.45, 7) is 9.96. The second-order valence-electron chi connectivity index (χ2n) is 7.41. The Morgan fingerprint density at radius 3 is 2.74 bits per heavy atom. The van der Waals surface area contributed by atoms with Gasteiger partial charge >= 0.3 is 0 Å². The van der Waals surface area contributed by atoms with Gasteiger partial charge in [-0.05, 0) is 57.5 Å². The Morgan fingerprint density at radius 2 is 1.96 bits per heavy atom. The van der Waals surface area contributed by atoms with Gasteiger partial charge < -0.3 is 14.4 Å². The summed E-state index contributed by atoms with van der Waals surface area (Å²) in [5, 5.41) is 0.696. The molecule has 140 valence electrons. The second-order valence-corrected chi connectivity index (χ2v) is 7.82. The van der Waals surface area contributed by atoms with Gasteiger partial charge in [0.2, 0.25) is 6.79 Å². The van der Waals surface area contributed by atoms with Crippen molar-refractivity contribution >= 4 is 34.8 Å². The van der Waals surface area contributed by atoms with Crippen LogP contribution in [0.1, 0.15) is 38.8 Å². The minimum absolute atomic E-state index is 0.0305. The third-order valence-electron chi connectivity index (χ3n) is 5.12. The molecule has 0 atom stereocenters. The van der Waals surface area contributed by atoms with Crippen molar-refractivity contribution in [3.63, 3.8) is 0 Å². The number of hydrogen-bond acceptors (Lipinski definition) is 4. The minimum atomic E-state index is -0.0305. The molecule has 0 spiro atoms. The lowest BCUT2D eigenvalue weighted by atomic mass is 9.88. The molecular formula is C22H23ClN2O2. The van der Waals surface area contributed by atoms with Gasteiger partial charge in [-0.25, -0.2) is 0 Å². The van der Waals surface area contributed by atoms with Gasteiger partial charge in [-0.3, -0.25) is 4.99 Å². The summed E-state index contributed by atoms with van der Waals surface area (Å²) in [5.74, 6) is 1.48. The van der Waals surface area contributed by atoms with E-state index in [1.54, 1.807) is 0 Å². The van der Waals surface area contributed by atoms with E-state index in [-0.39, 0.29) is 12.3 Å². The molecule has 0 aromatic heterocycles. The van der Waals surface area contributed by atoms with E-state index in [1.807, 2.05) is 24.4 Å². The van der Waals surface area contributed by atoms with Gasteiger partial charge in [0.25, 0.3) is 0 Å². The van der Waals surface area contributed by atoms with Crippen LogP contribution in [0.2, 0.25) is 5.02 Å². The predicted octanol–water partition coefficient (Wildman–Crippen LogP) is 5.84. The van der Waals surface area contributed by atoms with E-state index in [0.29, 0.717) is 5.02 Å². The maximum atomic E-state index is 6.60. The van der Waals surface area contributed by atoms with E-state index in [2.05, 4.69) is 55.8 Å². The highest BCUT2D eigenvalue weighted by Gasteiger charge is 2.30. The average Bonchev–Trinajstić information content (AvgIpc) is 3.07. The van der Waals surface area contributed by atoms with Crippen molar-refractivity contribution in [2.24, 2.45) is 4.99 Å². The van der Waals surface area contributed by atoms with E-state index in [1.165, 1.54) is 16.8 Å². The van der Waals surface area contributed by atoms with Crippen molar-refractivity contribution in [2.75, 3.05) is 18.2 Å². The molecule has 0 fully saturated rings. The maximum Gasteiger partial charge on any atom is 0.231 e. The van der Waals surface area contributed by atoms with Crippen molar-refractivity contribution < 1.29 is 9.47 Å². The third kappa shape index (κ3) is 3.19. The van der Waals surface area contributed by atoms with Crippen LogP contribution in [0.3, 0.4) is 0 Å². The van der Waals surface area contributed by atoms with Gasteiger partial charge in [-0.15, -0.1) is 0 Å². The molecule has 0 saturated carbocycles. The molecule has 0 N–H and O–H groups in total. The number of ether oxygens (including phenoxy) is 2. The Labute approximate surface area is 165 Å². The summed E-state index contributed by atoms with van der Waals surface area (Å²) in [5.41, 5.74) is 5.31. The summed E-state index contributed by atoms with van der Waals surface area (Å²) in [7, 11) is 0. The molecule has 0 aliphatic carbocycles. The molecule has 2 aliphatic rings. The van der Waals surface area contributed by atoms with Crippen LogP contribution >= 0.6 is 11.6 Å². The SMILES string of the molecule is CCN1c2cc(Cl)c(C=Nc3ccc4c(c3)OCO4)cc2C(C)=CC1(C)C. The molecule has 0 amide bonds. The fraction of sp³-hybridized carbons (Fsp3) is 0.318. The number of rotatable bonds is 3. The molecule has 0 bridgehead atoms. The van der Waals surface area contributed by atoms with E-state index in [9.17, 15) is 0 Å². The van der Waals surface area contributed by atoms with Crippen LogP contribution in [0.4, 0.5) is 11.4 Å². The fourth-order valence-electron chi connectivity index (χ4n) is 3.90. The molecule has 2 aromatic carbocycles. The van der Waals surface area contributed by atoms with Crippen molar-refractivity contribution in [3.8, 4) is 11.5 Å². The Hall–Kier alpha value is -2.46. The predicted molar refractivity (Wildman–Crippen MR) is 112 cm³/mol. The third-order valence-corrected chi connectivity index (χ3v) is 5.45.